The number of benzene rings is 1. The molecule has 3 rings (SSSR count). The molecule has 5 nitrogen and oxygen atoms in total. The first kappa shape index (κ1) is 11.0. The second-order valence-corrected chi connectivity index (χ2v) is 4.30. The van der Waals surface area contributed by atoms with Gasteiger partial charge in [-0.05, 0) is 11.6 Å². The maximum absolute atomic E-state index is 6.13. The van der Waals surface area contributed by atoms with Crippen LogP contribution >= 0.6 is 11.6 Å². The topological polar surface area (TPSA) is 69.6 Å². The summed E-state index contributed by atoms with van der Waals surface area (Å²) >= 11 is 6.13. The van der Waals surface area contributed by atoms with Gasteiger partial charge >= 0.3 is 0 Å². The van der Waals surface area contributed by atoms with Crippen molar-refractivity contribution in [1.82, 2.24) is 19.5 Å². The number of imidazole rings is 1. The van der Waals surface area contributed by atoms with Crippen LogP contribution in [-0.4, -0.2) is 19.5 Å². The number of hydrogen-bond donors (Lipinski definition) is 1. The van der Waals surface area contributed by atoms with Gasteiger partial charge in [-0.1, -0.05) is 29.8 Å². The highest BCUT2D eigenvalue weighted by Crippen LogP contribution is 2.19. The van der Waals surface area contributed by atoms with Crippen LogP contribution in [0.3, 0.4) is 0 Å². The summed E-state index contributed by atoms with van der Waals surface area (Å²) in [6.07, 6.45) is 3.13. The van der Waals surface area contributed by atoms with E-state index in [0.29, 0.717) is 23.5 Å². The number of nitrogens with two attached hydrogens (primary N) is 1. The molecule has 0 fully saturated rings. The highest BCUT2D eigenvalue weighted by molar-refractivity contribution is 6.31. The molecule has 0 amide bonds. The summed E-state index contributed by atoms with van der Waals surface area (Å²) in [6, 6.07) is 7.68. The van der Waals surface area contributed by atoms with Crippen molar-refractivity contribution in [1.29, 1.82) is 0 Å². The molecular formula is C12H10ClN5. The molecule has 0 saturated heterocycles. The minimum atomic E-state index is 0.387. The lowest BCUT2D eigenvalue weighted by Crippen LogP contribution is -2.01. The van der Waals surface area contributed by atoms with Crippen molar-refractivity contribution < 1.29 is 0 Å². The summed E-state index contributed by atoms with van der Waals surface area (Å²) < 4.78 is 1.90. The predicted molar refractivity (Wildman–Crippen MR) is 70.3 cm³/mol. The number of aromatic nitrogens is 4. The van der Waals surface area contributed by atoms with Gasteiger partial charge in [0.1, 0.15) is 11.8 Å². The van der Waals surface area contributed by atoms with Gasteiger partial charge in [-0.2, -0.15) is 0 Å². The van der Waals surface area contributed by atoms with Crippen LogP contribution in [0.2, 0.25) is 5.02 Å². The van der Waals surface area contributed by atoms with E-state index in [2.05, 4.69) is 15.0 Å². The van der Waals surface area contributed by atoms with Gasteiger partial charge in [-0.3, -0.25) is 0 Å². The zero-order valence-corrected chi connectivity index (χ0v) is 10.2. The van der Waals surface area contributed by atoms with E-state index in [1.165, 1.54) is 6.33 Å². The van der Waals surface area contributed by atoms with Gasteiger partial charge in [0.05, 0.1) is 12.9 Å². The fourth-order valence-electron chi connectivity index (χ4n) is 1.82. The van der Waals surface area contributed by atoms with Crippen molar-refractivity contribution in [2.24, 2.45) is 0 Å². The Hall–Kier alpha value is -2.14. The van der Waals surface area contributed by atoms with E-state index >= 15 is 0 Å². The van der Waals surface area contributed by atoms with Gasteiger partial charge in [0.2, 0.25) is 0 Å². The molecule has 0 aliphatic carbocycles. The third-order valence-corrected chi connectivity index (χ3v) is 3.10. The lowest BCUT2D eigenvalue weighted by atomic mass is 10.2. The van der Waals surface area contributed by atoms with Crippen molar-refractivity contribution in [3.05, 3.63) is 47.5 Å². The van der Waals surface area contributed by atoms with Crippen molar-refractivity contribution in [3.63, 3.8) is 0 Å². The van der Waals surface area contributed by atoms with Crippen molar-refractivity contribution in [2.45, 2.75) is 6.54 Å². The number of nitrogens with zero attached hydrogens (tertiary/aromatic N) is 4. The van der Waals surface area contributed by atoms with Crippen LogP contribution in [0, 0.1) is 0 Å². The van der Waals surface area contributed by atoms with E-state index in [4.69, 9.17) is 17.3 Å². The third kappa shape index (κ3) is 1.78. The maximum Gasteiger partial charge on any atom is 0.165 e. The maximum atomic E-state index is 6.13. The average Bonchev–Trinajstić information content (AvgIpc) is 2.77. The van der Waals surface area contributed by atoms with Gasteiger partial charge in [-0.15, -0.1) is 0 Å². The normalized spacial score (nSPS) is 10.9. The Morgan fingerprint density at radius 1 is 1.17 bits per heavy atom. The highest BCUT2D eigenvalue weighted by atomic mass is 35.5. The Bertz CT molecular complexity index is 707. The van der Waals surface area contributed by atoms with Gasteiger partial charge in [0, 0.05) is 5.02 Å². The molecule has 0 bridgehead atoms. The summed E-state index contributed by atoms with van der Waals surface area (Å²) in [5.74, 6) is 0.387. The number of halogens is 1. The Morgan fingerprint density at radius 2 is 2.00 bits per heavy atom. The van der Waals surface area contributed by atoms with Crippen LogP contribution in [0.1, 0.15) is 5.56 Å². The van der Waals surface area contributed by atoms with Crippen LogP contribution in [0.5, 0.6) is 0 Å². The van der Waals surface area contributed by atoms with Gasteiger partial charge in [-0.25, -0.2) is 15.0 Å². The van der Waals surface area contributed by atoms with Crippen LogP contribution in [0.4, 0.5) is 5.82 Å². The largest absolute Gasteiger partial charge is 0.382 e. The smallest absolute Gasteiger partial charge is 0.165 e. The predicted octanol–water partition coefficient (Wildman–Crippen LogP) is 2.11. The van der Waals surface area contributed by atoms with Gasteiger partial charge in [0.15, 0.2) is 11.5 Å². The first-order valence-electron chi connectivity index (χ1n) is 5.40. The quantitative estimate of drug-likeness (QED) is 0.765. The molecule has 0 aliphatic heterocycles. The molecule has 0 unspecified atom stereocenters. The van der Waals surface area contributed by atoms with E-state index in [1.54, 1.807) is 6.33 Å². The summed E-state index contributed by atoms with van der Waals surface area (Å²) in [5.41, 5.74) is 8.08. The Kier molecular flexibility index (Phi) is 2.60. The number of rotatable bonds is 2. The highest BCUT2D eigenvalue weighted by Gasteiger charge is 2.08. The van der Waals surface area contributed by atoms with E-state index in [9.17, 15) is 0 Å². The summed E-state index contributed by atoms with van der Waals surface area (Å²) in [4.78, 5) is 12.3. The van der Waals surface area contributed by atoms with E-state index < -0.39 is 0 Å². The van der Waals surface area contributed by atoms with E-state index in [0.717, 1.165) is 10.6 Å². The fourth-order valence-corrected chi connectivity index (χ4v) is 2.02. The lowest BCUT2D eigenvalue weighted by Gasteiger charge is -2.05. The molecule has 0 aliphatic rings. The molecule has 2 heterocycles. The van der Waals surface area contributed by atoms with Crippen LogP contribution in [0.25, 0.3) is 11.2 Å². The van der Waals surface area contributed by atoms with Crippen molar-refractivity contribution >= 4 is 28.6 Å². The van der Waals surface area contributed by atoms with Gasteiger partial charge < -0.3 is 10.3 Å². The van der Waals surface area contributed by atoms with Crippen LogP contribution in [-0.2, 0) is 6.54 Å². The first-order chi connectivity index (χ1) is 8.75. The molecule has 2 aromatic heterocycles. The molecule has 18 heavy (non-hydrogen) atoms. The standard InChI is InChI=1S/C12H10ClN5/c13-9-4-2-1-3-8(9)5-18-7-17-10-11(14)15-6-16-12(10)18/h1-4,6-7H,5H2,(H2,14,15,16). The molecule has 3 aromatic rings. The van der Waals surface area contributed by atoms with E-state index in [1.807, 2.05) is 28.8 Å². The number of nitrogen functional groups attached to an aromatic ring is 1. The van der Waals surface area contributed by atoms with Crippen molar-refractivity contribution in [2.75, 3.05) is 5.73 Å². The Labute approximate surface area is 108 Å². The van der Waals surface area contributed by atoms with Gasteiger partial charge in [0.25, 0.3) is 0 Å². The monoisotopic (exact) mass is 259 g/mol. The molecule has 90 valence electrons. The third-order valence-electron chi connectivity index (χ3n) is 2.73. The second kappa shape index (κ2) is 4.27. The number of anilines is 1. The summed E-state index contributed by atoms with van der Waals surface area (Å²) in [6.45, 7) is 0.604. The summed E-state index contributed by atoms with van der Waals surface area (Å²) in [5, 5.41) is 0.723. The average molecular weight is 260 g/mol. The fraction of sp³-hybridized carbons (Fsp3) is 0.0833. The van der Waals surface area contributed by atoms with Crippen LogP contribution in [0.15, 0.2) is 36.9 Å². The minimum Gasteiger partial charge on any atom is -0.382 e. The molecule has 0 radical (unpaired) electrons. The molecule has 0 atom stereocenters. The zero-order chi connectivity index (χ0) is 12.5. The minimum absolute atomic E-state index is 0.387. The Balaban J connectivity index is 2.06. The molecule has 2 N–H and O–H groups in total. The molecule has 0 saturated carbocycles. The van der Waals surface area contributed by atoms with E-state index in [-0.39, 0.29) is 0 Å². The number of hydrogen-bond acceptors (Lipinski definition) is 4. The van der Waals surface area contributed by atoms with Crippen molar-refractivity contribution in [3.8, 4) is 0 Å². The SMILES string of the molecule is Nc1ncnc2c1ncn2Cc1ccccc1Cl. The molecule has 6 heteroatoms. The Morgan fingerprint density at radius 3 is 2.83 bits per heavy atom. The first-order valence-corrected chi connectivity index (χ1v) is 5.78. The lowest BCUT2D eigenvalue weighted by molar-refractivity contribution is 0.813. The number of fused-ring (bicyclic) bond motifs is 1. The van der Waals surface area contributed by atoms with Crippen LogP contribution < -0.4 is 5.73 Å². The summed E-state index contributed by atoms with van der Waals surface area (Å²) in [7, 11) is 0. The molecule has 0 spiro atoms. The molecular weight excluding hydrogens is 250 g/mol. The second-order valence-electron chi connectivity index (χ2n) is 3.90. The zero-order valence-electron chi connectivity index (χ0n) is 9.42. The molecule has 1 aromatic carbocycles.